The van der Waals surface area contributed by atoms with Crippen molar-refractivity contribution in [2.24, 2.45) is 5.73 Å². The van der Waals surface area contributed by atoms with Crippen LogP contribution in [0.1, 0.15) is 5.56 Å². The van der Waals surface area contributed by atoms with E-state index < -0.39 is 11.6 Å². The summed E-state index contributed by atoms with van der Waals surface area (Å²) in [7, 11) is 0. The lowest BCUT2D eigenvalue weighted by molar-refractivity contribution is -0.0263. The molecule has 1 aliphatic rings. The van der Waals surface area contributed by atoms with Gasteiger partial charge in [0.15, 0.2) is 0 Å². The fourth-order valence-corrected chi connectivity index (χ4v) is 1.96. The predicted molar refractivity (Wildman–Crippen MR) is 60.4 cm³/mol. The van der Waals surface area contributed by atoms with E-state index in [1.807, 2.05) is 0 Å². The number of nitrogens with zero attached hydrogens (tertiary/aromatic N) is 1. The van der Waals surface area contributed by atoms with Crippen molar-refractivity contribution in [1.82, 2.24) is 4.90 Å². The van der Waals surface area contributed by atoms with Gasteiger partial charge in [-0.25, -0.2) is 8.78 Å². The van der Waals surface area contributed by atoms with E-state index in [2.05, 4.69) is 4.90 Å². The van der Waals surface area contributed by atoms with Gasteiger partial charge >= 0.3 is 0 Å². The molecule has 2 N–H and O–H groups in total. The number of hydrogen-bond acceptors (Lipinski definition) is 3. The maximum atomic E-state index is 13.5. The number of ether oxygens (including phenoxy) is 1. The number of nitrogens with two attached hydrogens (primary N) is 1. The highest BCUT2D eigenvalue weighted by Crippen LogP contribution is 2.14. The number of hydrogen-bond donors (Lipinski definition) is 1. The topological polar surface area (TPSA) is 38.5 Å². The molecule has 0 aliphatic carbocycles. The van der Waals surface area contributed by atoms with Gasteiger partial charge in [-0.15, -0.1) is 0 Å². The standard InChI is InChI=1S/C12H16F2N2O/c13-10-2-1-9(12(14)5-10)7-16-3-4-17-11(6-15)8-16/h1-2,5,11H,3-4,6-8,15H2. The largest absolute Gasteiger partial charge is 0.374 e. The summed E-state index contributed by atoms with van der Waals surface area (Å²) in [6.07, 6.45) is 0.00672. The van der Waals surface area contributed by atoms with Crippen LogP contribution >= 0.6 is 0 Å². The van der Waals surface area contributed by atoms with Gasteiger partial charge in [-0.3, -0.25) is 4.90 Å². The first-order valence-corrected chi connectivity index (χ1v) is 5.67. The summed E-state index contributed by atoms with van der Waals surface area (Å²) < 4.78 is 31.6. The molecule has 1 heterocycles. The molecule has 1 unspecified atom stereocenters. The zero-order valence-electron chi connectivity index (χ0n) is 9.53. The zero-order valence-corrected chi connectivity index (χ0v) is 9.53. The third-order valence-electron chi connectivity index (χ3n) is 2.89. The Labute approximate surface area is 99.2 Å². The number of benzene rings is 1. The third-order valence-corrected chi connectivity index (χ3v) is 2.89. The number of rotatable bonds is 3. The van der Waals surface area contributed by atoms with Crippen LogP contribution < -0.4 is 5.73 Å². The Morgan fingerprint density at radius 2 is 2.24 bits per heavy atom. The van der Waals surface area contributed by atoms with Crippen molar-refractivity contribution in [3.05, 3.63) is 35.4 Å². The molecule has 1 atom stereocenters. The highest BCUT2D eigenvalue weighted by atomic mass is 19.1. The molecule has 1 aromatic carbocycles. The van der Waals surface area contributed by atoms with Gasteiger partial charge in [0, 0.05) is 37.8 Å². The Hall–Kier alpha value is -1.04. The van der Waals surface area contributed by atoms with Gasteiger partial charge < -0.3 is 10.5 Å². The zero-order chi connectivity index (χ0) is 12.3. The van der Waals surface area contributed by atoms with Crippen LogP contribution in [-0.4, -0.2) is 37.2 Å². The summed E-state index contributed by atoms with van der Waals surface area (Å²) in [5, 5.41) is 0. The average molecular weight is 242 g/mol. The van der Waals surface area contributed by atoms with Crippen molar-refractivity contribution < 1.29 is 13.5 Å². The Morgan fingerprint density at radius 3 is 2.94 bits per heavy atom. The van der Waals surface area contributed by atoms with Crippen molar-refractivity contribution in [2.75, 3.05) is 26.2 Å². The molecule has 94 valence electrons. The van der Waals surface area contributed by atoms with E-state index in [4.69, 9.17) is 10.5 Å². The lowest BCUT2D eigenvalue weighted by Crippen LogP contribution is -2.45. The average Bonchev–Trinajstić information content (AvgIpc) is 2.33. The van der Waals surface area contributed by atoms with Crippen molar-refractivity contribution in [2.45, 2.75) is 12.6 Å². The van der Waals surface area contributed by atoms with Gasteiger partial charge in [0.05, 0.1) is 12.7 Å². The maximum absolute atomic E-state index is 13.5. The summed E-state index contributed by atoms with van der Waals surface area (Å²) in [4.78, 5) is 2.07. The van der Waals surface area contributed by atoms with Crippen LogP contribution in [0.25, 0.3) is 0 Å². The third kappa shape index (κ3) is 3.21. The molecule has 1 aliphatic heterocycles. The van der Waals surface area contributed by atoms with Crippen molar-refractivity contribution in [3.63, 3.8) is 0 Å². The highest BCUT2D eigenvalue weighted by Gasteiger charge is 2.20. The molecule has 3 nitrogen and oxygen atoms in total. The highest BCUT2D eigenvalue weighted by molar-refractivity contribution is 5.18. The Kier molecular flexibility index (Phi) is 4.04. The monoisotopic (exact) mass is 242 g/mol. The molecule has 2 rings (SSSR count). The van der Waals surface area contributed by atoms with Gasteiger partial charge in [0.2, 0.25) is 0 Å². The van der Waals surface area contributed by atoms with E-state index >= 15 is 0 Å². The van der Waals surface area contributed by atoms with Crippen molar-refractivity contribution >= 4 is 0 Å². The van der Waals surface area contributed by atoms with Crippen LogP contribution in [-0.2, 0) is 11.3 Å². The minimum Gasteiger partial charge on any atom is -0.374 e. The second-order valence-corrected chi connectivity index (χ2v) is 4.20. The molecular weight excluding hydrogens is 226 g/mol. The molecule has 0 bridgehead atoms. The summed E-state index contributed by atoms with van der Waals surface area (Å²) in [6, 6.07) is 3.67. The molecule has 1 fully saturated rings. The van der Waals surface area contributed by atoms with Crippen LogP contribution in [0.4, 0.5) is 8.78 Å². The predicted octanol–water partition coefficient (Wildman–Crippen LogP) is 1.12. The van der Waals surface area contributed by atoms with Gasteiger partial charge in [-0.1, -0.05) is 6.07 Å². The van der Waals surface area contributed by atoms with E-state index in [1.54, 1.807) is 0 Å². The Balaban J connectivity index is 2.00. The van der Waals surface area contributed by atoms with Crippen LogP contribution in [0.2, 0.25) is 0 Å². The molecule has 1 saturated heterocycles. The van der Waals surface area contributed by atoms with Gasteiger partial charge in [-0.2, -0.15) is 0 Å². The lowest BCUT2D eigenvalue weighted by Gasteiger charge is -2.32. The number of morpholine rings is 1. The second kappa shape index (κ2) is 5.53. The normalized spacial score (nSPS) is 21.7. The molecule has 0 aromatic heterocycles. The minimum atomic E-state index is -0.548. The molecule has 0 radical (unpaired) electrons. The molecule has 1 aromatic rings. The second-order valence-electron chi connectivity index (χ2n) is 4.20. The summed E-state index contributed by atoms with van der Waals surface area (Å²) >= 11 is 0. The van der Waals surface area contributed by atoms with Crippen LogP contribution in [0, 0.1) is 11.6 Å². The van der Waals surface area contributed by atoms with Crippen LogP contribution in [0.3, 0.4) is 0 Å². The molecule has 0 amide bonds. The lowest BCUT2D eigenvalue weighted by atomic mass is 10.1. The van der Waals surface area contributed by atoms with E-state index in [0.29, 0.717) is 31.8 Å². The van der Waals surface area contributed by atoms with Gasteiger partial charge in [-0.05, 0) is 6.07 Å². The van der Waals surface area contributed by atoms with Crippen LogP contribution in [0.15, 0.2) is 18.2 Å². The first-order chi connectivity index (χ1) is 8.19. The first-order valence-electron chi connectivity index (χ1n) is 5.67. The van der Waals surface area contributed by atoms with E-state index in [-0.39, 0.29) is 6.10 Å². The Bertz CT molecular complexity index is 387. The molecule has 0 spiro atoms. The minimum absolute atomic E-state index is 0.00672. The smallest absolute Gasteiger partial charge is 0.130 e. The van der Waals surface area contributed by atoms with E-state index in [9.17, 15) is 8.78 Å². The number of halogens is 2. The molecule has 0 saturated carbocycles. The van der Waals surface area contributed by atoms with Gasteiger partial charge in [0.25, 0.3) is 0 Å². The molecule has 17 heavy (non-hydrogen) atoms. The van der Waals surface area contributed by atoms with Gasteiger partial charge in [0.1, 0.15) is 11.6 Å². The Morgan fingerprint density at radius 1 is 1.41 bits per heavy atom. The first kappa shape index (κ1) is 12.4. The molecular formula is C12H16F2N2O. The van der Waals surface area contributed by atoms with Crippen molar-refractivity contribution in [1.29, 1.82) is 0 Å². The fourth-order valence-electron chi connectivity index (χ4n) is 1.96. The quantitative estimate of drug-likeness (QED) is 0.863. The molecule has 5 heteroatoms. The summed E-state index contributed by atoms with van der Waals surface area (Å²) in [6.45, 7) is 2.96. The fraction of sp³-hybridized carbons (Fsp3) is 0.500. The van der Waals surface area contributed by atoms with E-state index in [1.165, 1.54) is 12.1 Å². The van der Waals surface area contributed by atoms with Crippen LogP contribution in [0.5, 0.6) is 0 Å². The van der Waals surface area contributed by atoms with E-state index in [0.717, 1.165) is 12.6 Å². The summed E-state index contributed by atoms with van der Waals surface area (Å²) in [5.41, 5.74) is 6.04. The summed E-state index contributed by atoms with van der Waals surface area (Å²) in [5.74, 6) is -1.05. The SMILES string of the molecule is NCC1CN(Cc2ccc(F)cc2F)CCO1. The maximum Gasteiger partial charge on any atom is 0.130 e. The van der Waals surface area contributed by atoms with Crippen molar-refractivity contribution in [3.8, 4) is 0 Å².